The summed E-state index contributed by atoms with van der Waals surface area (Å²) in [6.07, 6.45) is 0. The number of rotatable bonds is 5. The summed E-state index contributed by atoms with van der Waals surface area (Å²) in [5.74, 6) is 0.571. The molecule has 2 aromatic carbocycles. The molecule has 4 rings (SSSR count). The number of sulfonamides is 1. The molecule has 0 aliphatic heterocycles. The van der Waals surface area contributed by atoms with Crippen molar-refractivity contribution in [3.8, 4) is 22.5 Å². The fraction of sp³-hybridized carbons (Fsp3) is 0.0526. The molecule has 0 unspecified atom stereocenters. The van der Waals surface area contributed by atoms with Crippen LogP contribution in [-0.4, -0.2) is 18.6 Å². The van der Waals surface area contributed by atoms with Crippen LogP contribution in [0.25, 0.3) is 22.5 Å². The number of nitrogens with one attached hydrogen (secondary N) is 1. The van der Waals surface area contributed by atoms with Crippen LogP contribution in [0.1, 0.15) is 5.76 Å². The summed E-state index contributed by atoms with van der Waals surface area (Å²) < 4.78 is 29.0. The monoisotopic (exact) mass is 412 g/mol. The number of aromatic nitrogens is 2. The number of hydrogen-bond acceptors (Lipinski definition) is 7. The van der Waals surface area contributed by atoms with Gasteiger partial charge in [-0.3, -0.25) is 0 Å². The van der Waals surface area contributed by atoms with Crippen molar-refractivity contribution in [2.45, 2.75) is 11.8 Å². The molecule has 7 nitrogen and oxygen atoms in total. The zero-order valence-electron chi connectivity index (χ0n) is 14.8. The summed E-state index contributed by atoms with van der Waals surface area (Å²) in [6, 6.07) is 16.3. The summed E-state index contributed by atoms with van der Waals surface area (Å²) in [7, 11) is -3.92. The van der Waals surface area contributed by atoms with Gasteiger partial charge in [-0.25, -0.2) is 18.5 Å². The highest BCUT2D eigenvalue weighted by atomic mass is 32.2. The Balaban J connectivity index is 1.69. The molecule has 0 saturated carbocycles. The van der Waals surface area contributed by atoms with Crippen molar-refractivity contribution >= 4 is 32.2 Å². The Morgan fingerprint density at radius 1 is 1.07 bits per heavy atom. The van der Waals surface area contributed by atoms with Crippen molar-refractivity contribution in [3.05, 3.63) is 65.7 Å². The van der Waals surface area contributed by atoms with E-state index < -0.39 is 10.0 Å². The first-order valence-corrected chi connectivity index (χ1v) is 10.7. The summed E-state index contributed by atoms with van der Waals surface area (Å²) in [5.41, 5.74) is 3.31. The summed E-state index contributed by atoms with van der Waals surface area (Å²) in [5, 5.41) is 15.1. The predicted molar refractivity (Wildman–Crippen MR) is 109 cm³/mol. The minimum absolute atomic E-state index is 0.0181. The Morgan fingerprint density at radius 3 is 2.54 bits per heavy atom. The quantitative estimate of drug-likeness (QED) is 0.509. The minimum atomic E-state index is -3.92. The Hall–Kier alpha value is -3.01. The second-order valence-electron chi connectivity index (χ2n) is 6.11. The molecule has 4 aromatic rings. The van der Waals surface area contributed by atoms with E-state index in [2.05, 4.69) is 15.5 Å². The fourth-order valence-electron chi connectivity index (χ4n) is 2.75. The van der Waals surface area contributed by atoms with Gasteiger partial charge < -0.3 is 9.84 Å². The van der Waals surface area contributed by atoms with Gasteiger partial charge in [-0.15, -0.1) is 11.3 Å². The maximum absolute atomic E-state index is 12.0. The van der Waals surface area contributed by atoms with Gasteiger partial charge in [0.1, 0.15) is 11.5 Å². The highest BCUT2D eigenvalue weighted by Gasteiger charge is 2.19. The lowest BCUT2D eigenvalue weighted by Gasteiger charge is -2.09. The van der Waals surface area contributed by atoms with Gasteiger partial charge in [0, 0.05) is 28.3 Å². The molecule has 0 aliphatic carbocycles. The van der Waals surface area contributed by atoms with Crippen LogP contribution < -0.4 is 10.5 Å². The fourth-order valence-corrected chi connectivity index (χ4v) is 4.21. The van der Waals surface area contributed by atoms with Crippen LogP contribution in [0.15, 0.2) is 69.4 Å². The number of nitrogens with two attached hydrogens (primary N) is 1. The van der Waals surface area contributed by atoms with Crippen LogP contribution in [0, 0.1) is 6.92 Å². The first-order valence-electron chi connectivity index (χ1n) is 8.29. The molecular weight excluding hydrogens is 396 g/mol. The molecule has 0 bridgehead atoms. The second kappa shape index (κ2) is 7.19. The van der Waals surface area contributed by atoms with Gasteiger partial charge in [-0.2, -0.15) is 0 Å². The lowest BCUT2D eigenvalue weighted by atomic mass is 10.1. The molecule has 3 N–H and O–H groups in total. The van der Waals surface area contributed by atoms with Gasteiger partial charge in [0.25, 0.3) is 0 Å². The van der Waals surface area contributed by atoms with Crippen molar-refractivity contribution in [1.29, 1.82) is 0 Å². The Morgan fingerprint density at radius 2 is 1.86 bits per heavy atom. The first kappa shape index (κ1) is 18.4. The molecule has 2 heterocycles. The Kier molecular flexibility index (Phi) is 4.71. The average molecular weight is 412 g/mol. The van der Waals surface area contributed by atoms with E-state index in [0.29, 0.717) is 27.8 Å². The van der Waals surface area contributed by atoms with Gasteiger partial charge in [0.05, 0.1) is 10.6 Å². The number of aryl methyl sites for hydroxylation is 1. The van der Waals surface area contributed by atoms with E-state index in [4.69, 9.17) is 9.66 Å². The van der Waals surface area contributed by atoms with Gasteiger partial charge in [-0.1, -0.05) is 35.5 Å². The smallest absolute Gasteiger partial charge is 0.238 e. The van der Waals surface area contributed by atoms with E-state index in [1.54, 1.807) is 25.1 Å². The third kappa shape index (κ3) is 3.81. The normalized spacial score (nSPS) is 11.5. The zero-order valence-corrected chi connectivity index (χ0v) is 16.4. The molecule has 0 radical (unpaired) electrons. The van der Waals surface area contributed by atoms with Crippen molar-refractivity contribution in [2.24, 2.45) is 5.14 Å². The van der Waals surface area contributed by atoms with Crippen LogP contribution in [0.5, 0.6) is 0 Å². The second-order valence-corrected chi connectivity index (χ2v) is 8.50. The molecule has 142 valence electrons. The van der Waals surface area contributed by atoms with E-state index >= 15 is 0 Å². The Labute approximate surface area is 165 Å². The number of anilines is 2. The highest BCUT2D eigenvalue weighted by Crippen LogP contribution is 2.32. The molecule has 0 aliphatic rings. The lowest BCUT2D eigenvalue weighted by molar-refractivity contribution is 0.399. The van der Waals surface area contributed by atoms with Crippen molar-refractivity contribution < 1.29 is 12.9 Å². The topological polar surface area (TPSA) is 111 Å². The van der Waals surface area contributed by atoms with Crippen molar-refractivity contribution in [1.82, 2.24) is 10.1 Å². The molecule has 9 heteroatoms. The van der Waals surface area contributed by atoms with Gasteiger partial charge in [0.15, 0.2) is 5.13 Å². The molecule has 2 aromatic heterocycles. The number of primary sulfonamides is 1. The van der Waals surface area contributed by atoms with Crippen LogP contribution in [-0.2, 0) is 10.0 Å². The molecule has 0 saturated heterocycles. The van der Waals surface area contributed by atoms with Crippen LogP contribution in [0.4, 0.5) is 10.8 Å². The summed E-state index contributed by atoms with van der Waals surface area (Å²) in [4.78, 5) is 4.57. The zero-order chi connectivity index (χ0) is 19.7. The maximum atomic E-state index is 12.0. The summed E-state index contributed by atoms with van der Waals surface area (Å²) >= 11 is 1.46. The van der Waals surface area contributed by atoms with E-state index in [1.807, 2.05) is 35.7 Å². The largest absolute Gasteiger partial charge is 0.361 e. The first-order chi connectivity index (χ1) is 13.4. The number of hydrogen-bond donors (Lipinski definition) is 2. The standard InChI is InChI=1S/C19H16N4O3S2/c1-12-9-16(23-26-12)15-10-14(7-8-18(15)28(20,24)25)21-19-22-17(11-27-19)13-5-3-2-4-6-13/h2-11H,1H3,(H,21,22)(H2,20,24,25). The molecule has 0 amide bonds. The number of thiazole rings is 1. The molecule has 0 atom stereocenters. The maximum Gasteiger partial charge on any atom is 0.238 e. The number of nitrogens with zero attached hydrogens (tertiary/aromatic N) is 2. The molecule has 28 heavy (non-hydrogen) atoms. The molecular formula is C19H16N4O3S2. The third-order valence-electron chi connectivity index (χ3n) is 4.02. The van der Waals surface area contributed by atoms with Crippen LogP contribution in [0.2, 0.25) is 0 Å². The lowest BCUT2D eigenvalue weighted by Crippen LogP contribution is -2.13. The van der Waals surface area contributed by atoms with Crippen molar-refractivity contribution in [3.63, 3.8) is 0 Å². The SMILES string of the molecule is Cc1cc(-c2cc(Nc3nc(-c4ccccc4)cs3)ccc2S(N)(=O)=O)no1. The molecule has 0 fully saturated rings. The third-order valence-corrected chi connectivity index (χ3v) is 5.74. The Bertz CT molecular complexity index is 1230. The average Bonchev–Trinajstić information content (AvgIpc) is 3.31. The minimum Gasteiger partial charge on any atom is -0.361 e. The highest BCUT2D eigenvalue weighted by molar-refractivity contribution is 7.89. The van der Waals surface area contributed by atoms with Crippen molar-refractivity contribution in [2.75, 3.05) is 5.32 Å². The van der Waals surface area contributed by atoms with E-state index in [0.717, 1.165) is 11.3 Å². The van der Waals surface area contributed by atoms with Gasteiger partial charge in [0.2, 0.25) is 10.0 Å². The van der Waals surface area contributed by atoms with Crippen LogP contribution >= 0.6 is 11.3 Å². The van der Waals surface area contributed by atoms with Gasteiger partial charge in [-0.05, 0) is 25.1 Å². The van der Waals surface area contributed by atoms with Gasteiger partial charge >= 0.3 is 0 Å². The number of benzene rings is 2. The van der Waals surface area contributed by atoms with E-state index in [1.165, 1.54) is 17.4 Å². The van der Waals surface area contributed by atoms with Crippen LogP contribution in [0.3, 0.4) is 0 Å². The predicted octanol–water partition coefficient (Wildman–Crippen LogP) is 4.16. The molecule has 0 spiro atoms. The van der Waals surface area contributed by atoms with E-state index in [-0.39, 0.29) is 4.90 Å². The van der Waals surface area contributed by atoms with E-state index in [9.17, 15) is 8.42 Å². The summed E-state index contributed by atoms with van der Waals surface area (Å²) in [6.45, 7) is 1.73.